The summed E-state index contributed by atoms with van der Waals surface area (Å²) in [7, 11) is 0. The molecular formula is C15H18N2O4. The van der Waals surface area contributed by atoms with Gasteiger partial charge in [0.1, 0.15) is 0 Å². The Balaban J connectivity index is 1.46. The highest BCUT2D eigenvalue weighted by Crippen LogP contribution is 2.34. The van der Waals surface area contributed by atoms with Crippen LogP contribution in [0.5, 0.6) is 0 Å². The quantitative estimate of drug-likeness (QED) is 0.784. The average Bonchev–Trinajstić information content (AvgIpc) is 3.08. The van der Waals surface area contributed by atoms with Gasteiger partial charge in [-0.25, -0.2) is 9.59 Å². The second-order valence-corrected chi connectivity index (χ2v) is 5.55. The molecule has 2 bridgehead atoms. The Morgan fingerprint density at radius 3 is 2.57 bits per heavy atom. The summed E-state index contributed by atoms with van der Waals surface area (Å²) in [6.07, 6.45) is 3.48. The van der Waals surface area contributed by atoms with E-state index in [2.05, 4.69) is 10.6 Å². The van der Waals surface area contributed by atoms with Crippen molar-refractivity contribution in [2.24, 2.45) is 0 Å². The molecule has 1 aromatic carbocycles. The van der Waals surface area contributed by atoms with E-state index in [1.807, 2.05) is 0 Å². The summed E-state index contributed by atoms with van der Waals surface area (Å²) in [5.74, 6) is -0.955. The zero-order valence-corrected chi connectivity index (χ0v) is 11.5. The summed E-state index contributed by atoms with van der Waals surface area (Å²) < 4.78 is 5.69. The van der Waals surface area contributed by atoms with Crippen LogP contribution < -0.4 is 10.6 Å². The van der Waals surface area contributed by atoms with Crippen LogP contribution in [-0.4, -0.2) is 35.4 Å². The molecule has 1 aromatic rings. The number of carbonyl (C=O) groups excluding carboxylic acids is 1. The molecule has 3 N–H and O–H groups in total. The molecule has 2 fully saturated rings. The Morgan fingerprint density at radius 2 is 2.00 bits per heavy atom. The van der Waals surface area contributed by atoms with Crippen molar-refractivity contribution in [3.05, 3.63) is 35.4 Å². The lowest BCUT2D eigenvalue weighted by molar-refractivity contribution is 0.0697. The van der Waals surface area contributed by atoms with Gasteiger partial charge in [0, 0.05) is 6.54 Å². The maximum Gasteiger partial charge on any atom is 0.335 e. The van der Waals surface area contributed by atoms with Gasteiger partial charge in [0.25, 0.3) is 0 Å². The van der Waals surface area contributed by atoms with Crippen molar-refractivity contribution >= 4 is 12.0 Å². The minimum atomic E-state index is -0.955. The molecule has 0 unspecified atom stereocenters. The normalized spacial score (nSPS) is 26.6. The predicted molar refractivity (Wildman–Crippen MR) is 75.1 cm³/mol. The number of rotatable bonds is 4. The Morgan fingerprint density at radius 1 is 1.24 bits per heavy atom. The lowest BCUT2D eigenvalue weighted by atomic mass is 9.96. The summed E-state index contributed by atoms with van der Waals surface area (Å²) in [6, 6.07) is 6.35. The number of urea groups is 1. The number of carboxylic acids is 1. The standard InChI is InChI=1S/C15H18N2O4/c18-14(19)10-3-1-9(2-4-10)8-16-15(20)17-12-7-11-5-6-13(12)21-11/h1-4,11-13H,5-8H2,(H,18,19)(H2,16,17,20)/t11-,12-,13+/m1/s1. The van der Waals surface area contributed by atoms with Crippen molar-refractivity contribution in [2.45, 2.75) is 44.1 Å². The summed E-state index contributed by atoms with van der Waals surface area (Å²) in [5.41, 5.74) is 1.10. The van der Waals surface area contributed by atoms with Crippen molar-refractivity contribution in [1.82, 2.24) is 10.6 Å². The lowest BCUT2D eigenvalue weighted by Gasteiger charge is -2.20. The first-order valence-electron chi connectivity index (χ1n) is 7.14. The number of aromatic carboxylic acids is 1. The third-order valence-electron chi connectivity index (χ3n) is 4.08. The zero-order valence-electron chi connectivity index (χ0n) is 11.5. The summed E-state index contributed by atoms with van der Waals surface area (Å²) in [6.45, 7) is 0.368. The monoisotopic (exact) mass is 290 g/mol. The van der Waals surface area contributed by atoms with Crippen LogP contribution in [0.1, 0.15) is 35.2 Å². The van der Waals surface area contributed by atoms with E-state index in [1.54, 1.807) is 12.1 Å². The molecule has 0 aliphatic carbocycles. The third-order valence-corrected chi connectivity index (χ3v) is 4.08. The van der Waals surface area contributed by atoms with E-state index in [9.17, 15) is 9.59 Å². The Hall–Kier alpha value is -2.08. The maximum absolute atomic E-state index is 11.9. The van der Waals surface area contributed by atoms with Crippen molar-refractivity contribution in [3.8, 4) is 0 Å². The fourth-order valence-electron chi connectivity index (χ4n) is 2.96. The number of hydrogen-bond donors (Lipinski definition) is 3. The van der Waals surface area contributed by atoms with Crippen molar-refractivity contribution in [3.63, 3.8) is 0 Å². The minimum Gasteiger partial charge on any atom is -0.478 e. The van der Waals surface area contributed by atoms with Crippen LogP contribution in [0, 0.1) is 0 Å². The first kappa shape index (κ1) is 13.9. The molecule has 0 radical (unpaired) electrons. The molecule has 2 aliphatic rings. The SMILES string of the molecule is O=C(NCc1ccc(C(=O)O)cc1)N[C@@H]1C[C@H]2CC[C@@H]1O2. The van der Waals surface area contributed by atoms with Crippen LogP contribution in [0.15, 0.2) is 24.3 Å². The molecule has 112 valence electrons. The molecule has 3 rings (SSSR count). The second kappa shape index (κ2) is 5.73. The van der Waals surface area contributed by atoms with Gasteiger partial charge in [-0.05, 0) is 37.0 Å². The summed E-state index contributed by atoms with van der Waals surface area (Å²) in [4.78, 5) is 22.6. The van der Waals surface area contributed by atoms with Gasteiger partial charge < -0.3 is 20.5 Å². The van der Waals surface area contributed by atoms with Crippen molar-refractivity contribution in [2.75, 3.05) is 0 Å². The van der Waals surface area contributed by atoms with E-state index < -0.39 is 5.97 Å². The lowest BCUT2D eigenvalue weighted by Crippen LogP contribution is -2.46. The van der Waals surface area contributed by atoms with Gasteiger partial charge in [-0.15, -0.1) is 0 Å². The fraction of sp³-hybridized carbons (Fsp3) is 0.467. The Kier molecular flexibility index (Phi) is 3.79. The molecule has 2 aliphatic heterocycles. The molecule has 0 spiro atoms. The van der Waals surface area contributed by atoms with Crippen LogP contribution >= 0.6 is 0 Å². The van der Waals surface area contributed by atoms with Crippen molar-refractivity contribution < 1.29 is 19.4 Å². The van der Waals surface area contributed by atoms with Crippen LogP contribution in [-0.2, 0) is 11.3 Å². The van der Waals surface area contributed by atoms with Crippen LogP contribution in [0.25, 0.3) is 0 Å². The van der Waals surface area contributed by atoms with Crippen LogP contribution in [0.4, 0.5) is 4.79 Å². The first-order chi connectivity index (χ1) is 10.1. The smallest absolute Gasteiger partial charge is 0.335 e. The predicted octanol–water partition coefficient (Wildman–Crippen LogP) is 1.50. The summed E-state index contributed by atoms with van der Waals surface area (Å²) in [5, 5.41) is 14.5. The van der Waals surface area contributed by atoms with Gasteiger partial charge in [-0.1, -0.05) is 12.1 Å². The number of carboxylic acid groups (broad SMARTS) is 1. The Labute approximate surface area is 122 Å². The highest BCUT2D eigenvalue weighted by Gasteiger charge is 2.41. The molecule has 0 saturated carbocycles. The van der Waals surface area contributed by atoms with Crippen LogP contribution in [0.2, 0.25) is 0 Å². The first-order valence-corrected chi connectivity index (χ1v) is 7.14. The number of amides is 2. The van der Waals surface area contributed by atoms with E-state index in [1.165, 1.54) is 12.1 Å². The average molecular weight is 290 g/mol. The van der Waals surface area contributed by atoms with Crippen molar-refractivity contribution in [1.29, 1.82) is 0 Å². The molecule has 3 atom stereocenters. The van der Waals surface area contributed by atoms with Gasteiger partial charge in [0.2, 0.25) is 0 Å². The number of nitrogens with one attached hydrogen (secondary N) is 2. The number of carbonyl (C=O) groups is 2. The number of fused-ring (bicyclic) bond motifs is 2. The molecule has 2 heterocycles. The van der Waals surface area contributed by atoms with E-state index in [0.717, 1.165) is 24.8 Å². The Bertz CT molecular complexity index is 543. The number of benzene rings is 1. The zero-order chi connectivity index (χ0) is 14.8. The molecule has 0 aromatic heterocycles. The molecular weight excluding hydrogens is 272 g/mol. The largest absolute Gasteiger partial charge is 0.478 e. The topological polar surface area (TPSA) is 87.7 Å². The van der Waals surface area contributed by atoms with Gasteiger partial charge in [0.05, 0.1) is 23.8 Å². The number of ether oxygens (including phenoxy) is 1. The van der Waals surface area contributed by atoms with E-state index in [0.29, 0.717) is 12.6 Å². The van der Waals surface area contributed by atoms with Crippen LogP contribution in [0.3, 0.4) is 0 Å². The summed E-state index contributed by atoms with van der Waals surface area (Å²) >= 11 is 0. The number of hydrogen-bond acceptors (Lipinski definition) is 3. The third kappa shape index (κ3) is 3.16. The molecule has 2 saturated heterocycles. The molecule has 6 nitrogen and oxygen atoms in total. The van der Waals surface area contributed by atoms with Gasteiger partial charge in [-0.3, -0.25) is 0 Å². The van der Waals surface area contributed by atoms with Gasteiger partial charge >= 0.3 is 12.0 Å². The second-order valence-electron chi connectivity index (χ2n) is 5.55. The minimum absolute atomic E-state index is 0.109. The molecule has 6 heteroatoms. The fourth-order valence-corrected chi connectivity index (χ4v) is 2.96. The molecule has 2 amide bonds. The van der Waals surface area contributed by atoms with E-state index >= 15 is 0 Å². The molecule has 21 heavy (non-hydrogen) atoms. The van der Waals surface area contributed by atoms with Gasteiger partial charge in [0.15, 0.2) is 0 Å². The highest BCUT2D eigenvalue weighted by atomic mass is 16.5. The van der Waals surface area contributed by atoms with Gasteiger partial charge in [-0.2, -0.15) is 0 Å². The highest BCUT2D eigenvalue weighted by molar-refractivity contribution is 5.87. The van der Waals surface area contributed by atoms with E-state index in [-0.39, 0.29) is 23.7 Å². The van der Waals surface area contributed by atoms with E-state index in [4.69, 9.17) is 9.84 Å². The maximum atomic E-state index is 11.9.